The molecule has 1 fully saturated rings. The average Bonchev–Trinajstić information content (AvgIpc) is 2.54. The van der Waals surface area contributed by atoms with Crippen molar-refractivity contribution in [1.29, 1.82) is 0 Å². The number of nitrogens with zero attached hydrogens (tertiary/aromatic N) is 2. The Balaban J connectivity index is 1.72. The molecule has 1 saturated heterocycles. The summed E-state index contributed by atoms with van der Waals surface area (Å²) in [5, 5.41) is 13.0. The number of hydrogen-bond donors (Lipinski definition) is 2. The zero-order valence-corrected chi connectivity index (χ0v) is 13.9. The highest BCUT2D eigenvalue weighted by Crippen LogP contribution is 2.23. The van der Waals surface area contributed by atoms with Crippen LogP contribution in [0.2, 0.25) is 0 Å². The molecule has 0 aliphatic carbocycles. The highest BCUT2D eigenvalue weighted by Gasteiger charge is 2.20. The number of aliphatic hydroxyl groups is 1. The molecule has 1 aliphatic heterocycles. The first-order valence-corrected chi connectivity index (χ1v) is 8.28. The van der Waals surface area contributed by atoms with Crippen LogP contribution in [0.3, 0.4) is 0 Å². The Morgan fingerprint density at radius 1 is 1.13 bits per heavy atom. The van der Waals surface area contributed by atoms with E-state index in [1.807, 2.05) is 12.1 Å². The molecule has 0 radical (unpaired) electrons. The summed E-state index contributed by atoms with van der Waals surface area (Å²) in [6, 6.07) is 13.6. The molecular weight excluding hydrogens is 286 g/mol. The predicted octanol–water partition coefficient (Wildman–Crippen LogP) is 2.42. The second-order valence-electron chi connectivity index (χ2n) is 6.52. The smallest absolute Gasteiger partial charge is 0.0859 e. The highest BCUT2D eigenvalue weighted by atomic mass is 16.3. The molecule has 0 amide bonds. The first-order valence-electron chi connectivity index (χ1n) is 8.28. The summed E-state index contributed by atoms with van der Waals surface area (Å²) in [4.78, 5) is 6.75. The maximum absolute atomic E-state index is 9.43. The van der Waals surface area contributed by atoms with Gasteiger partial charge in [-0.25, -0.2) is 0 Å². The third kappa shape index (κ3) is 3.96. The Morgan fingerprint density at radius 3 is 2.48 bits per heavy atom. The maximum atomic E-state index is 9.43. The van der Waals surface area contributed by atoms with E-state index in [9.17, 15) is 5.11 Å². The summed E-state index contributed by atoms with van der Waals surface area (Å²) in [5.74, 6) is 0. The molecular formula is C19H25N3O. The zero-order valence-electron chi connectivity index (χ0n) is 13.9. The van der Waals surface area contributed by atoms with E-state index in [0.717, 1.165) is 36.5 Å². The van der Waals surface area contributed by atoms with Gasteiger partial charge in [-0.2, -0.15) is 0 Å². The van der Waals surface area contributed by atoms with Gasteiger partial charge in [0.25, 0.3) is 0 Å². The molecule has 0 saturated carbocycles. The Morgan fingerprint density at radius 2 is 1.83 bits per heavy atom. The molecule has 23 heavy (non-hydrogen) atoms. The van der Waals surface area contributed by atoms with Gasteiger partial charge >= 0.3 is 0 Å². The van der Waals surface area contributed by atoms with Crippen LogP contribution < -0.4 is 5.32 Å². The number of benzene rings is 1. The molecule has 4 heteroatoms. The molecule has 0 spiro atoms. The van der Waals surface area contributed by atoms with Crippen LogP contribution in [0.15, 0.2) is 42.6 Å². The van der Waals surface area contributed by atoms with Crippen LogP contribution in [0.4, 0.5) is 0 Å². The van der Waals surface area contributed by atoms with Gasteiger partial charge in [-0.3, -0.25) is 9.88 Å². The van der Waals surface area contributed by atoms with Crippen LogP contribution in [0.5, 0.6) is 0 Å². The molecule has 1 aromatic carbocycles. The molecule has 2 atom stereocenters. The van der Waals surface area contributed by atoms with E-state index in [2.05, 4.69) is 53.3 Å². The average molecular weight is 311 g/mol. The Kier molecular flexibility index (Phi) is 5.06. The minimum atomic E-state index is -0.0333. The minimum absolute atomic E-state index is 0.0333. The number of piperazine rings is 1. The van der Waals surface area contributed by atoms with Gasteiger partial charge in [-0.1, -0.05) is 30.3 Å². The summed E-state index contributed by atoms with van der Waals surface area (Å²) >= 11 is 0. The molecule has 2 aromatic rings. The van der Waals surface area contributed by atoms with Gasteiger partial charge in [-0.15, -0.1) is 0 Å². The van der Waals surface area contributed by atoms with Gasteiger partial charge < -0.3 is 10.4 Å². The lowest BCUT2D eigenvalue weighted by molar-refractivity contribution is 0.166. The van der Waals surface area contributed by atoms with Crippen molar-refractivity contribution in [2.24, 2.45) is 0 Å². The summed E-state index contributed by atoms with van der Waals surface area (Å²) in [6.45, 7) is 7.60. The molecule has 4 nitrogen and oxygen atoms in total. The summed E-state index contributed by atoms with van der Waals surface area (Å²) in [6.07, 6.45) is 1.72. The second kappa shape index (κ2) is 7.21. The standard InChI is InChI=1S/C19H25N3O/c1-14-10-22(11-15(2)21-14)12-16-5-7-17(8-6-16)18-4-3-9-20-19(18)13-23/h3-9,14-15,21,23H,10-13H2,1-2H3. The SMILES string of the molecule is CC1CN(Cc2ccc(-c3cccnc3CO)cc2)CC(C)N1. The summed E-state index contributed by atoms with van der Waals surface area (Å²) in [7, 11) is 0. The fraction of sp³-hybridized carbons (Fsp3) is 0.421. The first kappa shape index (κ1) is 16.1. The van der Waals surface area contributed by atoms with Gasteiger partial charge in [0.1, 0.15) is 0 Å². The Hall–Kier alpha value is -1.75. The number of hydrogen-bond acceptors (Lipinski definition) is 4. The highest BCUT2D eigenvalue weighted by molar-refractivity contribution is 5.65. The lowest BCUT2D eigenvalue weighted by Crippen LogP contribution is -2.53. The molecule has 1 aliphatic rings. The van der Waals surface area contributed by atoms with Crippen molar-refractivity contribution in [3.63, 3.8) is 0 Å². The quantitative estimate of drug-likeness (QED) is 0.910. The van der Waals surface area contributed by atoms with Crippen LogP contribution in [0, 0.1) is 0 Å². The number of nitrogens with one attached hydrogen (secondary N) is 1. The molecule has 122 valence electrons. The molecule has 3 rings (SSSR count). The number of aromatic nitrogens is 1. The van der Waals surface area contributed by atoms with Crippen LogP contribution in [0.1, 0.15) is 25.1 Å². The molecule has 0 bridgehead atoms. The number of aliphatic hydroxyl groups excluding tert-OH is 1. The Labute approximate surface area is 138 Å². The third-order valence-corrected chi connectivity index (χ3v) is 4.34. The van der Waals surface area contributed by atoms with E-state index < -0.39 is 0 Å². The summed E-state index contributed by atoms with van der Waals surface area (Å²) < 4.78 is 0. The van der Waals surface area contributed by atoms with Crippen LogP contribution in [-0.4, -0.2) is 40.2 Å². The third-order valence-electron chi connectivity index (χ3n) is 4.34. The van der Waals surface area contributed by atoms with E-state index >= 15 is 0 Å². The maximum Gasteiger partial charge on any atom is 0.0859 e. The van der Waals surface area contributed by atoms with Crippen molar-refractivity contribution in [2.75, 3.05) is 13.1 Å². The topological polar surface area (TPSA) is 48.4 Å². The molecule has 2 heterocycles. The van der Waals surface area contributed by atoms with Crippen LogP contribution >= 0.6 is 0 Å². The van der Waals surface area contributed by atoms with Crippen molar-refractivity contribution in [3.05, 3.63) is 53.9 Å². The van der Waals surface area contributed by atoms with E-state index in [1.54, 1.807) is 6.20 Å². The second-order valence-corrected chi connectivity index (χ2v) is 6.52. The zero-order chi connectivity index (χ0) is 16.2. The van der Waals surface area contributed by atoms with E-state index in [-0.39, 0.29) is 6.61 Å². The molecule has 2 unspecified atom stereocenters. The van der Waals surface area contributed by atoms with Gasteiger partial charge in [-0.05, 0) is 31.0 Å². The fourth-order valence-corrected chi connectivity index (χ4v) is 3.44. The van der Waals surface area contributed by atoms with Crippen molar-refractivity contribution >= 4 is 0 Å². The normalized spacial score (nSPS) is 22.2. The van der Waals surface area contributed by atoms with Gasteiger partial charge in [0.2, 0.25) is 0 Å². The van der Waals surface area contributed by atoms with Crippen molar-refractivity contribution < 1.29 is 5.11 Å². The van der Waals surface area contributed by atoms with Crippen LogP contribution in [0.25, 0.3) is 11.1 Å². The van der Waals surface area contributed by atoms with Crippen molar-refractivity contribution in [2.45, 2.75) is 39.1 Å². The predicted molar refractivity (Wildman–Crippen MR) is 92.9 cm³/mol. The van der Waals surface area contributed by atoms with E-state index in [4.69, 9.17) is 0 Å². The fourth-order valence-electron chi connectivity index (χ4n) is 3.44. The van der Waals surface area contributed by atoms with Gasteiger partial charge in [0.15, 0.2) is 0 Å². The van der Waals surface area contributed by atoms with E-state index in [1.165, 1.54) is 5.56 Å². The number of pyridine rings is 1. The monoisotopic (exact) mass is 311 g/mol. The van der Waals surface area contributed by atoms with Gasteiger partial charge in [0, 0.05) is 43.5 Å². The van der Waals surface area contributed by atoms with E-state index in [0.29, 0.717) is 12.1 Å². The first-order chi connectivity index (χ1) is 11.2. The Bertz CT molecular complexity index is 631. The van der Waals surface area contributed by atoms with Crippen molar-refractivity contribution in [1.82, 2.24) is 15.2 Å². The van der Waals surface area contributed by atoms with Crippen LogP contribution in [-0.2, 0) is 13.2 Å². The largest absolute Gasteiger partial charge is 0.390 e. The summed E-state index contributed by atoms with van der Waals surface area (Å²) in [5.41, 5.74) is 4.16. The molecule has 2 N–H and O–H groups in total. The lowest BCUT2D eigenvalue weighted by atomic mass is 10.0. The van der Waals surface area contributed by atoms with Gasteiger partial charge in [0.05, 0.1) is 12.3 Å². The lowest BCUT2D eigenvalue weighted by Gasteiger charge is -2.36. The minimum Gasteiger partial charge on any atom is -0.390 e. The number of rotatable bonds is 4. The van der Waals surface area contributed by atoms with Crippen molar-refractivity contribution in [3.8, 4) is 11.1 Å². The molecule has 1 aromatic heterocycles.